The number of rotatable bonds is 6. The topological polar surface area (TPSA) is 63.2 Å². The van der Waals surface area contributed by atoms with Crippen LogP contribution >= 0.6 is 0 Å². The third-order valence-corrected chi connectivity index (χ3v) is 4.61. The highest BCUT2D eigenvalue weighted by Gasteiger charge is 2.59. The van der Waals surface area contributed by atoms with Crippen molar-refractivity contribution in [1.29, 1.82) is 0 Å². The van der Waals surface area contributed by atoms with Gasteiger partial charge in [0.1, 0.15) is 0 Å². The number of nitrogens with one attached hydrogen (secondary N) is 1. The fourth-order valence-corrected chi connectivity index (χ4v) is 3.52. The normalized spacial score (nSPS) is 24.9. The molecule has 19 heavy (non-hydrogen) atoms. The first kappa shape index (κ1) is 16.3. The van der Waals surface area contributed by atoms with E-state index in [9.17, 15) is 26.4 Å². The molecule has 3 atom stereocenters. The summed E-state index contributed by atoms with van der Waals surface area (Å²) in [6.07, 6.45) is -3.26. The van der Waals surface area contributed by atoms with Gasteiger partial charge in [-0.15, -0.1) is 0 Å². The molecule has 1 aliphatic carbocycles. The summed E-state index contributed by atoms with van der Waals surface area (Å²) in [6.45, 7) is 3.63. The molecule has 1 saturated carbocycles. The molecular formula is C11H18F3NO3S. The van der Waals surface area contributed by atoms with E-state index in [0.717, 1.165) is 6.42 Å². The monoisotopic (exact) mass is 301 g/mol. The van der Waals surface area contributed by atoms with Gasteiger partial charge in [-0.3, -0.25) is 9.52 Å². The van der Waals surface area contributed by atoms with Crippen LogP contribution in [0.1, 0.15) is 33.1 Å². The first-order valence-corrected chi connectivity index (χ1v) is 7.83. The summed E-state index contributed by atoms with van der Waals surface area (Å²) in [5.74, 6) is -4.36. The van der Waals surface area contributed by atoms with Crippen LogP contribution in [0.3, 0.4) is 0 Å². The van der Waals surface area contributed by atoms with E-state index in [1.807, 2.05) is 6.92 Å². The van der Waals surface area contributed by atoms with E-state index in [0.29, 0.717) is 6.42 Å². The third-order valence-electron chi connectivity index (χ3n) is 3.09. The summed E-state index contributed by atoms with van der Waals surface area (Å²) in [5, 5.41) is 0. The van der Waals surface area contributed by atoms with E-state index < -0.39 is 33.9 Å². The molecular weight excluding hydrogens is 283 g/mol. The Kier molecular flexibility index (Phi) is 4.86. The van der Waals surface area contributed by atoms with Gasteiger partial charge < -0.3 is 0 Å². The average molecular weight is 301 g/mol. The van der Waals surface area contributed by atoms with Crippen LogP contribution in [0.15, 0.2) is 0 Å². The van der Waals surface area contributed by atoms with Gasteiger partial charge in [0.15, 0.2) is 0 Å². The molecule has 1 aliphatic rings. The number of hydrogen-bond donors (Lipinski definition) is 1. The molecule has 1 unspecified atom stereocenters. The van der Waals surface area contributed by atoms with E-state index in [1.54, 1.807) is 11.6 Å². The lowest BCUT2D eigenvalue weighted by atomic mass is 10.1. The van der Waals surface area contributed by atoms with E-state index in [1.165, 1.54) is 0 Å². The maximum Gasteiger partial charge on any atom is 0.392 e. The summed E-state index contributed by atoms with van der Waals surface area (Å²) in [5.41, 5.74) is 0. The third kappa shape index (κ3) is 5.00. The Morgan fingerprint density at radius 3 is 2.42 bits per heavy atom. The zero-order chi connectivity index (χ0) is 14.8. The quantitative estimate of drug-likeness (QED) is 0.817. The maximum atomic E-state index is 12.3. The fraction of sp³-hybridized carbons (Fsp3) is 0.909. The minimum Gasteiger partial charge on any atom is -0.274 e. The molecule has 0 spiro atoms. The molecule has 1 rings (SSSR count). The van der Waals surface area contributed by atoms with Crippen LogP contribution in [-0.2, 0) is 14.8 Å². The van der Waals surface area contributed by atoms with Crippen molar-refractivity contribution < 1.29 is 26.4 Å². The highest BCUT2D eigenvalue weighted by atomic mass is 32.2. The molecule has 112 valence electrons. The number of carbonyl (C=O) groups excluding carboxylic acids is 1. The highest BCUT2D eigenvalue weighted by Crippen LogP contribution is 2.50. The van der Waals surface area contributed by atoms with Crippen LogP contribution in [0.5, 0.6) is 0 Å². The Morgan fingerprint density at radius 1 is 1.42 bits per heavy atom. The summed E-state index contributed by atoms with van der Waals surface area (Å²) in [6, 6.07) is 0. The van der Waals surface area contributed by atoms with Crippen LogP contribution in [0.25, 0.3) is 0 Å². The predicted molar refractivity (Wildman–Crippen MR) is 63.7 cm³/mol. The molecule has 1 fully saturated rings. The number of halogens is 3. The second-order valence-electron chi connectivity index (χ2n) is 5.13. The lowest BCUT2D eigenvalue weighted by Crippen LogP contribution is -2.36. The molecule has 0 saturated heterocycles. The summed E-state index contributed by atoms with van der Waals surface area (Å²) < 4.78 is 61.7. The van der Waals surface area contributed by atoms with Gasteiger partial charge in [-0.1, -0.05) is 20.3 Å². The summed E-state index contributed by atoms with van der Waals surface area (Å²) >= 11 is 0. The first-order valence-electron chi connectivity index (χ1n) is 6.18. The van der Waals surface area contributed by atoms with Crippen LogP contribution in [-0.4, -0.2) is 26.3 Å². The zero-order valence-corrected chi connectivity index (χ0v) is 11.6. The molecule has 8 heteroatoms. The molecule has 0 aromatic rings. The van der Waals surface area contributed by atoms with Crippen LogP contribution in [0.2, 0.25) is 0 Å². The molecule has 0 aromatic carbocycles. The molecule has 4 nitrogen and oxygen atoms in total. The number of hydrogen-bond acceptors (Lipinski definition) is 3. The molecule has 1 amide bonds. The lowest BCUT2D eigenvalue weighted by molar-refractivity contribution is -0.154. The van der Waals surface area contributed by atoms with E-state index >= 15 is 0 Å². The minimum absolute atomic E-state index is 0.132. The van der Waals surface area contributed by atoms with Crippen molar-refractivity contribution in [3.63, 3.8) is 0 Å². The molecule has 0 heterocycles. The van der Waals surface area contributed by atoms with Crippen molar-refractivity contribution >= 4 is 15.9 Å². The summed E-state index contributed by atoms with van der Waals surface area (Å²) in [7, 11) is -3.84. The zero-order valence-electron chi connectivity index (χ0n) is 10.8. The number of amides is 1. The van der Waals surface area contributed by atoms with Gasteiger partial charge in [0, 0.05) is 0 Å². The van der Waals surface area contributed by atoms with Gasteiger partial charge in [0.2, 0.25) is 15.9 Å². The van der Waals surface area contributed by atoms with E-state index in [-0.39, 0.29) is 18.1 Å². The van der Waals surface area contributed by atoms with Gasteiger partial charge in [-0.2, -0.15) is 13.2 Å². The second-order valence-corrected chi connectivity index (χ2v) is 6.90. The largest absolute Gasteiger partial charge is 0.392 e. The average Bonchev–Trinajstić information content (AvgIpc) is 2.93. The summed E-state index contributed by atoms with van der Waals surface area (Å²) in [4.78, 5) is 11.4. The molecule has 0 aromatic heterocycles. The Hall–Kier alpha value is -0.790. The Labute approximate surface area is 110 Å². The second kappa shape index (κ2) is 5.68. The maximum absolute atomic E-state index is 12.3. The first-order chi connectivity index (χ1) is 8.57. The van der Waals surface area contributed by atoms with E-state index in [2.05, 4.69) is 0 Å². The number of alkyl halides is 3. The Bertz CT molecular complexity index is 433. The van der Waals surface area contributed by atoms with Crippen molar-refractivity contribution in [3.05, 3.63) is 0 Å². The highest BCUT2D eigenvalue weighted by molar-refractivity contribution is 7.90. The Morgan fingerprint density at radius 2 is 2.00 bits per heavy atom. The molecule has 0 bridgehead atoms. The number of sulfonamides is 1. The van der Waals surface area contributed by atoms with Gasteiger partial charge in [-0.05, 0) is 18.8 Å². The Balaban J connectivity index is 2.49. The van der Waals surface area contributed by atoms with Gasteiger partial charge in [0.25, 0.3) is 0 Å². The van der Waals surface area contributed by atoms with Crippen molar-refractivity contribution in [1.82, 2.24) is 4.72 Å². The minimum atomic E-state index is -4.43. The molecule has 1 N–H and O–H groups in total. The fourth-order valence-electron chi connectivity index (χ4n) is 2.07. The SMILES string of the molecule is CCCC(C)CS(=O)(=O)NC(=O)[C@@H]1C[C@H]1C(F)(F)F. The lowest BCUT2D eigenvalue weighted by Gasteiger charge is -2.12. The van der Waals surface area contributed by atoms with Crippen LogP contribution < -0.4 is 4.72 Å². The van der Waals surface area contributed by atoms with Crippen molar-refractivity contribution in [3.8, 4) is 0 Å². The van der Waals surface area contributed by atoms with Crippen molar-refractivity contribution in [2.45, 2.75) is 39.3 Å². The van der Waals surface area contributed by atoms with Gasteiger partial charge in [0.05, 0.1) is 17.6 Å². The van der Waals surface area contributed by atoms with Crippen LogP contribution in [0.4, 0.5) is 13.2 Å². The standard InChI is InChI=1S/C11H18F3NO3S/c1-3-4-7(2)6-19(17,18)15-10(16)8-5-9(8)11(12,13)14/h7-9H,3-6H2,1-2H3,(H,15,16)/t7?,8-,9-/m1/s1. The number of carbonyl (C=O) groups is 1. The van der Waals surface area contributed by atoms with Crippen molar-refractivity contribution in [2.24, 2.45) is 17.8 Å². The van der Waals surface area contributed by atoms with Gasteiger partial charge in [-0.25, -0.2) is 8.42 Å². The smallest absolute Gasteiger partial charge is 0.274 e. The molecule has 0 radical (unpaired) electrons. The predicted octanol–water partition coefficient (Wildman–Crippen LogP) is 2.07. The van der Waals surface area contributed by atoms with Crippen LogP contribution in [0, 0.1) is 17.8 Å². The van der Waals surface area contributed by atoms with E-state index in [4.69, 9.17) is 0 Å². The van der Waals surface area contributed by atoms with Crippen molar-refractivity contribution in [2.75, 3.05) is 5.75 Å². The molecule has 0 aliphatic heterocycles. The van der Waals surface area contributed by atoms with Gasteiger partial charge >= 0.3 is 6.18 Å².